The zero-order valence-corrected chi connectivity index (χ0v) is 18.7. The van der Waals surface area contributed by atoms with E-state index < -0.39 is 17.3 Å². The Labute approximate surface area is 184 Å². The number of nitrogens with zero attached hydrogens (tertiary/aromatic N) is 6. The predicted molar refractivity (Wildman–Crippen MR) is 111 cm³/mol. The van der Waals surface area contributed by atoms with Crippen LogP contribution in [0.15, 0.2) is 22.9 Å². The van der Waals surface area contributed by atoms with Gasteiger partial charge in [0.25, 0.3) is 0 Å². The number of hydrogen-bond acceptors (Lipinski definition) is 6. The Morgan fingerprint density at radius 1 is 1.13 bits per heavy atom. The van der Waals surface area contributed by atoms with Crippen LogP contribution in [0.5, 0.6) is 0 Å². The molecule has 3 heterocycles. The molecule has 8 nitrogen and oxygen atoms in total. The number of rotatable bonds is 1. The van der Waals surface area contributed by atoms with Gasteiger partial charge in [-0.05, 0) is 48.8 Å². The highest BCUT2D eigenvalue weighted by molar-refractivity contribution is 9.10. The third-order valence-electron chi connectivity index (χ3n) is 4.83. The number of carbonyl (C=O) groups excluding carboxylic acids is 1. The van der Waals surface area contributed by atoms with Gasteiger partial charge in [0.2, 0.25) is 5.65 Å². The third-order valence-corrected chi connectivity index (χ3v) is 5.43. The van der Waals surface area contributed by atoms with Crippen molar-refractivity contribution in [3.63, 3.8) is 0 Å². The Morgan fingerprint density at radius 3 is 2.42 bits per heavy atom. The quantitative estimate of drug-likeness (QED) is 0.500. The second-order valence-electron chi connectivity index (χ2n) is 8.24. The molecule has 4 rings (SSSR count). The minimum absolute atomic E-state index is 0.224. The van der Waals surface area contributed by atoms with Crippen LogP contribution in [0.25, 0.3) is 16.7 Å². The maximum Gasteiger partial charge on any atom is 0.416 e. The second kappa shape index (κ2) is 7.50. The average molecular weight is 501 g/mol. The molecular weight excluding hydrogens is 481 g/mol. The van der Waals surface area contributed by atoms with Gasteiger partial charge >= 0.3 is 12.3 Å². The smallest absolute Gasteiger partial charge is 0.416 e. The highest BCUT2D eigenvalue weighted by Gasteiger charge is 2.33. The molecule has 0 spiro atoms. The van der Waals surface area contributed by atoms with Crippen LogP contribution in [0.3, 0.4) is 0 Å². The van der Waals surface area contributed by atoms with Gasteiger partial charge in [-0.1, -0.05) is 0 Å². The Hall–Kier alpha value is -2.63. The summed E-state index contributed by atoms with van der Waals surface area (Å²) in [5.74, 6) is 0.495. The zero-order chi connectivity index (χ0) is 22.6. The second-order valence-corrected chi connectivity index (χ2v) is 9.09. The highest BCUT2D eigenvalue weighted by atomic mass is 79.9. The first-order valence-corrected chi connectivity index (χ1v) is 10.4. The number of aromatic nitrogens is 4. The SMILES string of the molecule is CC(C)(C)OC(=O)N1CCN(c2nc3c(Br)cc(C(F)(F)F)cc3n3cnnc23)CC1. The van der Waals surface area contributed by atoms with Crippen LogP contribution in [0, 0.1) is 0 Å². The molecule has 2 aromatic heterocycles. The molecule has 1 fully saturated rings. The van der Waals surface area contributed by atoms with E-state index in [0.29, 0.717) is 43.2 Å². The fourth-order valence-electron chi connectivity index (χ4n) is 3.40. The van der Waals surface area contributed by atoms with Gasteiger partial charge in [-0.25, -0.2) is 9.78 Å². The molecule has 0 atom stereocenters. The van der Waals surface area contributed by atoms with Crippen molar-refractivity contribution in [2.75, 3.05) is 31.1 Å². The lowest BCUT2D eigenvalue weighted by molar-refractivity contribution is -0.137. The van der Waals surface area contributed by atoms with Crippen LogP contribution in [-0.2, 0) is 10.9 Å². The van der Waals surface area contributed by atoms with Gasteiger partial charge in [0.15, 0.2) is 5.82 Å². The monoisotopic (exact) mass is 500 g/mol. The molecule has 1 aliphatic heterocycles. The maximum atomic E-state index is 13.3. The molecule has 0 aliphatic carbocycles. The normalized spacial score (nSPS) is 15.7. The van der Waals surface area contributed by atoms with Crippen LogP contribution in [-0.4, -0.2) is 62.4 Å². The number of benzene rings is 1. The molecule has 12 heteroatoms. The molecule has 31 heavy (non-hydrogen) atoms. The topological polar surface area (TPSA) is 75.9 Å². The molecular formula is C19H20BrF3N6O2. The van der Waals surface area contributed by atoms with Gasteiger partial charge in [0, 0.05) is 30.7 Å². The number of anilines is 1. The van der Waals surface area contributed by atoms with Crippen LogP contribution in [0.2, 0.25) is 0 Å². The fraction of sp³-hybridized carbons (Fsp3) is 0.474. The lowest BCUT2D eigenvalue weighted by Crippen LogP contribution is -2.50. The molecule has 0 N–H and O–H groups in total. The van der Waals surface area contributed by atoms with Crippen LogP contribution >= 0.6 is 15.9 Å². The summed E-state index contributed by atoms with van der Waals surface area (Å²) in [4.78, 5) is 20.5. The summed E-state index contributed by atoms with van der Waals surface area (Å²) in [5.41, 5.74) is -0.405. The van der Waals surface area contributed by atoms with Crippen molar-refractivity contribution < 1.29 is 22.7 Å². The molecule has 3 aromatic rings. The van der Waals surface area contributed by atoms with Crippen molar-refractivity contribution in [1.82, 2.24) is 24.5 Å². The molecule has 1 aromatic carbocycles. The summed E-state index contributed by atoms with van der Waals surface area (Å²) < 4.78 is 46.9. The van der Waals surface area contributed by atoms with E-state index in [9.17, 15) is 18.0 Å². The summed E-state index contributed by atoms with van der Waals surface area (Å²) >= 11 is 3.22. The molecule has 166 valence electrons. The number of alkyl halides is 3. The number of piperazine rings is 1. The predicted octanol–water partition coefficient (Wildman–Crippen LogP) is 4.12. The first kappa shape index (κ1) is 21.6. The largest absolute Gasteiger partial charge is 0.444 e. The average Bonchev–Trinajstić information content (AvgIpc) is 3.15. The number of amides is 1. The third kappa shape index (κ3) is 4.25. The van der Waals surface area contributed by atoms with Crippen LogP contribution in [0.1, 0.15) is 26.3 Å². The highest BCUT2D eigenvalue weighted by Crippen LogP contribution is 2.36. The standard InChI is InChI=1S/C19H20BrF3N6O2/c1-18(2,3)31-17(30)28-6-4-27(5-7-28)15-16-26-24-10-29(16)13-9-11(19(21,22)23)8-12(20)14(13)25-15/h8-10H,4-7H2,1-3H3. The van der Waals surface area contributed by atoms with Crippen molar-refractivity contribution in [2.24, 2.45) is 0 Å². The van der Waals surface area contributed by atoms with Crippen molar-refractivity contribution in [3.8, 4) is 0 Å². The summed E-state index contributed by atoms with van der Waals surface area (Å²) in [6.45, 7) is 7.21. The van der Waals surface area contributed by atoms with Gasteiger partial charge in [0.05, 0.1) is 11.1 Å². The van der Waals surface area contributed by atoms with E-state index >= 15 is 0 Å². The first-order valence-electron chi connectivity index (χ1n) is 9.57. The van der Waals surface area contributed by atoms with E-state index in [1.54, 1.807) is 4.90 Å². The lowest BCUT2D eigenvalue weighted by Gasteiger charge is -2.36. The summed E-state index contributed by atoms with van der Waals surface area (Å²) in [6, 6.07) is 2.05. The number of fused-ring (bicyclic) bond motifs is 3. The van der Waals surface area contributed by atoms with Crippen LogP contribution in [0.4, 0.5) is 23.8 Å². The molecule has 0 unspecified atom stereocenters. The Kier molecular flexibility index (Phi) is 5.23. The van der Waals surface area contributed by atoms with Gasteiger partial charge in [-0.15, -0.1) is 10.2 Å². The van der Waals surface area contributed by atoms with E-state index in [2.05, 4.69) is 31.1 Å². The summed E-state index contributed by atoms with van der Waals surface area (Å²) in [7, 11) is 0. The molecule has 1 saturated heterocycles. The van der Waals surface area contributed by atoms with Gasteiger partial charge < -0.3 is 14.5 Å². The van der Waals surface area contributed by atoms with Gasteiger partial charge in [-0.3, -0.25) is 4.40 Å². The van der Waals surface area contributed by atoms with E-state index in [4.69, 9.17) is 4.74 Å². The van der Waals surface area contributed by atoms with Gasteiger partial charge in [-0.2, -0.15) is 13.2 Å². The maximum absolute atomic E-state index is 13.3. The van der Waals surface area contributed by atoms with Crippen molar-refractivity contribution >= 4 is 44.5 Å². The van der Waals surface area contributed by atoms with Crippen molar-refractivity contribution in [3.05, 3.63) is 28.5 Å². The van der Waals surface area contributed by atoms with E-state index in [1.807, 2.05) is 25.7 Å². The van der Waals surface area contributed by atoms with E-state index in [0.717, 1.165) is 12.1 Å². The molecule has 1 amide bonds. The van der Waals surface area contributed by atoms with Crippen molar-refractivity contribution in [2.45, 2.75) is 32.5 Å². The Balaban J connectivity index is 1.67. The Morgan fingerprint density at radius 2 is 1.81 bits per heavy atom. The molecule has 0 saturated carbocycles. The van der Waals surface area contributed by atoms with E-state index in [1.165, 1.54) is 10.7 Å². The number of halogens is 4. The van der Waals surface area contributed by atoms with Crippen LogP contribution < -0.4 is 4.90 Å². The lowest BCUT2D eigenvalue weighted by atomic mass is 10.2. The number of ether oxygens (including phenoxy) is 1. The summed E-state index contributed by atoms with van der Waals surface area (Å²) in [6.07, 6.45) is -3.51. The summed E-state index contributed by atoms with van der Waals surface area (Å²) in [5, 5.41) is 7.95. The van der Waals surface area contributed by atoms with E-state index in [-0.39, 0.29) is 16.1 Å². The molecule has 0 radical (unpaired) electrons. The minimum Gasteiger partial charge on any atom is -0.444 e. The van der Waals surface area contributed by atoms with Gasteiger partial charge in [0.1, 0.15) is 17.4 Å². The van der Waals surface area contributed by atoms with Crippen molar-refractivity contribution in [1.29, 1.82) is 0 Å². The zero-order valence-electron chi connectivity index (χ0n) is 17.1. The Bertz CT molecular complexity index is 1150. The first-order chi connectivity index (χ1) is 14.4. The minimum atomic E-state index is -4.49. The number of carbonyl (C=O) groups is 1. The fourth-order valence-corrected chi connectivity index (χ4v) is 3.94. The molecule has 0 bridgehead atoms. The molecule has 1 aliphatic rings. The number of hydrogen-bond donors (Lipinski definition) is 0.